The molecule has 1 heterocycles. The van der Waals surface area contributed by atoms with Crippen molar-refractivity contribution >= 4 is 17.8 Å². The van der Waals surface area contributed by atoms with Crippen LogP contribution in [0.5, 0.6) is 11.5 Å². The van der Waals surface area contributed by atoms with Crippen molar-refractivity contribution in [3.63, 3.8) is 0 Å². The van der Waals surface area contributed by atoms with Crippen molar-refractivity contribution in [3.05, 3.63) is 53.6 Å². The van der Waals surface area contributed by atoms with Gasteiger partial charge in [-0.2, -0.15) is 5.10 Å². The summed E-state index contributed by atoms with van der Waals surface area (Å²) in [4.78, 5) is 14.6. The molecule has 1 aliphatic heterocycles. The van der Waals surface area contributed by atoms with Crippen molar-refractivity contribution in [2.45, 2.75) is 26.7 Å². The van der Waals surface area contributed by atoms with E-state index in [1.54, 1.807) is 24.4 Å². The Kier molecular flexibility index (Phi) is 6.30. The van der Waals surface area contributed by atoms with Crippen LogP contribution >= 0.6 is 0 Å². The maximum atomic E-state index is 12.2. The zero-order valence-electron chi connectivity index (χ0n) is 15.8. The third-order valence-corrected chi connectivity index (χ3v) is 4.26. The monoisotopic (exact) mass is 367 g/mol. The van der Waals surface area contributed by atoms with Gasteiger partial charge in [-0.05, 0) is 48.7 Å². The quantitative estimate of drug-likeness (QED) is 0.569. The van der Waals surface area contributed by atoms with Crippen molar-refractivity contribution in [2.75, 3.05) is 24.8 Å². The van der Waals surface area contributed by atoms with Gasteiger partial charge in [-0.3, -0.25) is 4.79 Å². The smallest absolute Gasteiger partial charge is 0.271 e. The van der Waals surface area contributed by atoms with Gasteiger partial charge in [0.15, 0.2) is 11.5 Å². The standard InChI is InChI=1S/C21H25N3O3/c1-3-11-24(12-4-2)18-8-5-16(6-9-18)14-22-23-21(25)17-7-10-19-20(13-17)27-15-26-19/h5-10,13-14H,3-4,11-12,15H2,1-2H3,(H,23,25)/b22-14+. The third-order valence-electron chi connectivity index (χ3n) is 4.26. The molecule has 2 aromatic rings. The minimum absolute atomic E-state index is 0.183. The Hall–Kier alpha value is -3.02. The van der Waals surface area contributed by atoms with Gasteiger partial charge in [-0.15, -0.1) is 0 Å². The van der Waals surface area contributed by atoms with Crippen LogP contribution in [0.4, 0.5) is 5.69 Å². The summed E-state index contributed by atoms with van der Waals surface area (Å²) in [5, 5.41) is 4.05. The van der Waals surface area contributed by atoms with E-state index in [2.05, 4.69) is 41.4 Å². The summed E-state index contributed by atoms with van der Waals surface area (Å²) in [7, 11) is 0. The van der Waals surface area contributed by atoms with Crippen LogP contribution in [0.15, 0.2) is 47.6 Å². The fraction of sp³-hybridized carbons (Fsp3) is 0.333. The van der Waals surface area contributed by atoms with Gasteiger partial charge in [0.05, 0.1) is 6.21 Å². The van der Waals surface area contributed by atoms with Gasteiger partial charge in [0.2, 0.25) is 6.79 Å². The number of rotatable bonds is 8. The molecule has 27 heavy (non-hydrogen) atoms. The number of hydrazone groups is 1. The molecule has 0 aromatic heterocycles. The van der Waals surface area contributed by atoms with Crippen LogP contribution in [0.25, 0.3) is 0 Å². The Balaban J connectivity index is 1.58. The second-order valence-electron chi connectivity index (χ2n) is 6.35. The molecule has 1 amide bonds. The molecular weight excluding hydrogens is 342 g/mol. The van der Waals surface area contributed by atoms with Crippen LogP contribution in [-0.2, 0) is 0 Å². The van der Waals surface area contributed by atoms with Crippen molar-refractivity contribution in [2.24, 2.45) is 5.10 Å². The second kappa shape index (κ2) is 9.07. The van der Waals surface area contributed by atoms with Crippen LogP contribution in [0.3, 0.4) is 0 Å². The predicted octanol–water partition coefficient (Wildman–Crippen LogP) is 3.81. The number of nitrogens with one attached hydrogen (secondary N) is 1. The largest absolute Gasteiger partial charge is 0.454 e. The summed E-state index contributed by atoms with van der Waals surface area (Å²) >= 11 is 0. The first-order chi connectivity index (χ1) is 13.2. The fourth-order valence-electron chi connectivity index (χ4n) is 2.95. The lowest BCUT2D eigenvalue weighted by Crippen LogP contribution is -2.24. The van der Waals surface area contributed by atoms with Crippen molar-refractivity contribution < 1.29 is 14.3 Å². The highest BCUT2D eigenvalue weighted by molar-refractivity contribution is 5.95. The number of amides is 1. The van der Waals surface area contributed by atoms with Gasteiger partial charge in [0, 0.05) is 24.3 Å². The highest BCUT2D eigenvalue weighted by Crippen LogP contribution is 2.32. The molecule has 142 valence electrons. The number of fused-ring (bicyclic) bond motifs is 1. The van der Waals surface area contributed by atoms with E-state index in [0.29, 0.717) is 17.1 Å². The predicted molar refractivity (Wildman–Crippen MR) is 107 cm³/mol. The second-order valence-corrected chi connectivity index (χ2v) is 6.35. The lowest BCUT2D eigenvalue weighted by atomic mass is 10.2. The minimum Gasteiger partial charge on any atom is -0.454 e. The number of nitrogens with zero attached hydrogens (tertiary/aromatic N) is 2. The highest BCUT2D eigenvalue weighted by Gasteiger charge is 2.15. The van der Waals surface area contributed by atoms with Crippen molar-refractivity contribution in [1.29, 1.82) is 0 Å². The molecule has 6 heteroatoms. The normalized spacial score (nSPS) is 12.4. The molecule has 0 saturated heterocycles. The summed E-state index contributed by atoms with van der Waals surface area (Å²) in [6.07, 6.45) is 3.88. The first-order valence-corrected chi connectivity index (χ1v) is 9.29. The number of anilines is 1. The van der Waals surface area contributed by atoms with Gasteiger partial charge < -0.3 is 14.4 Å². The van der Waals surface area contributed by atoms with Gasteiger partial charge in [-0.25, -0.2) is 5.43 Å². The number of hydrogen-bond donors (Lipinski definition) is 1. The van der Waals surface area contributed by atoms with Gasteiger partial charge in [0.1, 0.15) is 0 Å². The van der Waals surface area contributed by atoms with Crippen LogP contribution < -0.4 is 19.8 Å². The van der Waals surface area contributed by atoms with E-state index in [1.165, 1.54) is 5.69 Å². The first-order valence-electron chi connectivity index (χ1n) is 9.29. The maximum absolute atomic E-state index is 12.2. The van der Waals surface area contributed by atoms with Crippen LogP contribution in [-0.4, -0.2) is 32.0 Å². The Labute approximate surface area is 159 Å². The Morgan fingerprint density at radius 1 is 1.07 bits per heavy atom. The molecule has 1 aliphatic rings. The zero-order valence-corrected chi connectivity index (χ0v) is 15.8. The lowest BCUT2D eigenvalue weighted by molar-refractivity contribution is 0.0954. The number of hydrogen-bond acceptors (Lipinski definition) is 5. The van der Waals surface area contributed by atoms with Crippen LogP contribution in [0.2, 0.25) is 0 Å². The topological polar surface area (TPSA) is 63.2 Å². The molecule has 0 atom stereocenters. The molecule has 3 rings (SSSR count). The van der Waals surface area contributed by atoms with Crippen molar-refractivity contribution in [3.8, 4) is 11.5 Å². The molecule has 0 bridgehead atoms. The number of carbonyl (C=O) groups excluding carboxylic acids is 1. The Morgan fingerprint density at radius 3 is 2.48 bits per heavy atom. The number of carbonyl (C=O) groups is 1. The van der Waals surface area contributed by atoms with E-state index in [4.69, 9.17) is 9.47 Å². The maximum Gasteiger partial charge on any atom is 0.271 e. The average Bonchev–Trinajstić information content (AvgIpc) is 3.16. The molecule has 0 fully saturated rings. The average molecular weight is 367 g/mol. The van der Waals surface area contributed by atoms with E-state index in [0.717, 1.165) is 31.5 Å². The van der Waals surface area contributed by atoms with Crippen molar-refractivity contribution in [1.82, 2.24) is 5.43 Å². The summed E-state index contributed by atoms with van der Waals surface area (Å²) in [6.45, 7) is 6.65. The van der Waals surface area contributed by atoms with Gasteiger partial charge >= 0.3 is 0 Å². The Bertz CT molecular complexity index is 797. The number of benzene rings is 2. The molecule has 0 radical (unpaired) electrons. The molecule has 6 nitrogen and oxygen atoms in total. The van der Waals surface area contributed by atoms with E-state index in [9.17, 15) is 4.79 Å². The van der Waals surface area contributed by atoms with E-state index in [-0.39, 0.29) is 12.7 Å². The molecule has 0 spiro atoms. The number of ether oxygens (including phenoxy) is 2. The first kappa shape index (κ1) is 18.8. The molecule has 2 aromatic carbocycles. The minimum atomic E-state index is -0.293. The third kappa shape index (κ3) is 4.78. The summed E-state index contributed by atoms with van der Waals surface area (Å²) in [5.74, 6) is 0.930. The lowest BCUT2D eigenvalue weighted by Gasteiger charge is -2.23. The fourth-order valence-corrected chi connectivity index (χ4v) is 2.95. The van der Waals surface area contributed by atoms with Crippen LogP contribution in [0, 0.1) is 0 Å². The van der Waals surface area contributed by atoms with E-state index in [1.807, 2.05) is 12.1 Å². The summed E-state index contributed by atoms with van der Waals surface area (Å²) in [6, 6.07) is 13.2. The zero-order chi connectivity index (χ0) is 19.1. The van der Waals surface area contributed by atoms with E-state index < -0.39 is 0 Å². The summed E-state index contributed by atoms with van der Waals surface area (Å²) < 4.78 is 10.5. The summed E-state index contributed by atoms with van der Waals surface area (Å²) in [5.41, 5.74) is 5.15. The molecule has 0 saturated carbocycles. The Morgan fingerprint density at radius 2 is 1.78 bits per heavy atom. The molecular formula is C21H25N3O3. The molecule has 1 N–H and O–H groups in total. The van der Waals surface area contributed by atoms with Gasteiger partial charge in [-0.1, -0.05) is 26.0 Å². The molecule has 0 unspecified atom stereocenters. The van der Waals surface area contributed by atoms with E-state index >= 15 is 0 Å². The highest BCUT2D eigenvalue weighted by atomic mass is 16.7. The SMILES string of the molecule is CCCN(CCC)c1ccc(/C=N/NC(=O)c2ccc3c(c2)OCO3)cc1. The van der Waals surface area contributed by atoms with Gasteiger partial charge in [0.25, 0.3) is 5.91 Å². The van der Waals surface area contributed by atoms with Crippen LogP contribution in [0.1, 0.15) is 42.6 Å². The molecule has 0 aliphatic carbocycles.